The summed E-state index contributed by atoms with van der Waals surface area (Å²) in [6, 6.07) is 7.17. The summed E-state index contributed by atoms with van der Waals surface area (Å²) in [5, 5.41) is 0. The molecule has 1 heterocycles. The van der Waals surface area contributed by atoms with Gasteiger partial charge in [-0.05, 0) is 37.1 Å². The van der Waals surface area contributed by atoms with Crippen LogP contribution in [0.25, 0.3) is 0 Å². The third-order valence-electron chi connectivity index (χ3n) is 3.32. The Morgan fingerprint density at radius 3 is 2.85 bits per heavy atom. The number of nitrogens with zero attached hydrogens (tertiary/aromatic N) is 1. The van der Waals surface area contributed by atoms with Crippen molar-refractivity contribution in [1.82, 2.24) is 4.90 Å². The van der Waals surface area contributed by atoms with Gasteiger partial charge in [0.25, 0.3) is 5.91 Å². The number of benzene rings is 1. The molecule has 0 aliphatic carbocycles. The van der Waals surface area contributed by atoms with Crippen LogP contribution in [0, 0.1) is 0 Å². The van der Waals surface area contributed by atoms with Gasteiger partial charge in [-0.15, -0.1) is 0 Å². The molecule has 0 aromatic heterocycles. The van der Waals surface area contributed by atoms with Crippen molar-refractivity contribution < 1.29 is 14.3 Å². The van der Waals surface area contributed by atoms with Crippen LogP contribution in [0.3, 0.4) is 0 Å². The molecule has 1 fully saturated rings. The standard InChI is InChI=1S/C16H21NO3/c1-3-10-19-14-8-6-13(7-9-14)16(18)17(2)12-15-5-4-11-20-15/h3,6-9,15H,1,4-5,10-12H2,2H3/t15-/m0/s1. The van der Waals surface area contributed by atoms with Crippen LogP contribution in [-0.4, -0.2) is 43.7 Å². The van der Waals surface area contributed by atoms with Crippen LogP contribution >= 0.6 is 0 Å². The Kier molecular flexibility index (Phi) is 5.18. The van der Waals surface area contributed by atoms with E-state index in [1.54, 1.807) is 35.2 Å². The van der Waals surface area contributed by atoms with Gasteiger partial charge in [0, 0.05) is 25.8 Å². The fourth-order valence-electron chi connectivity index (χ4n) is 2.25. The van der Waals surface area contributed by atoms with Crippen molar-refractivity contribution in [2.75, 3.05) is 26.8 Å². The predicted octanol–water partition coefficient (Wildman–Crippen LogP) is 2.50. The Labute approximate surface area is 120 Å². The van der Waals surface area contributed by atoms with Crippen molar-refractivity contribution >= 4 is 5.91 Å². The zero-order valence-corrected chi connectivity index (χ0v) is 11.9. The first-order valence-corrected chi connectivity index (χ1v) is 6.91. The fraction of sp³-hybridized carbons (Fsp3) is 0.438. The second-order valence-corrected chi connectivity index (χ2v) is 4.94. The van der Waals surface area contributed by atoms with Gasteiger partial charge in [0.1, 0.15) is 12.4 Å². The number of carbonyl (C=O) groups is 1. The van der Waals surface area contributed by atoms with E-state index in [0.717, 1.165) is 25.2 Å². The Morgan fingerprint density at radius 1 is 1.50 bits per heavy atom. The molecule has 108 valence electrons. The van der Waals surface area contributed by atoms with Gasteiger partial charge in [-0.3, -0.25) is 4.79 Å². The van der Waals surface area contributed by atoms with E-state index in [9.17, 15) is 4.79 Å². The largest absolute Gasteiger partial charge is 0.490 e. The number of ether oxygens (including phenoxy) is 2. The Hall–Kier alpha value is -1.81. The van der Waals surface area contributed by atoms with Crippen molar-refractivity contribution in [3.8, 4) is 5.75 Å². The molecule has 20 heavy (non-hydrogen) atoms. The summed E-state index contributed by atoms with van der Waals surface area (Å²) in [6.07, 6.45) is 3.99. The molecule has 1 aromatic carbocycles. The highest BCUT2D eigenvalue weighted by Crippen LogP contribution is 2.16. The Bertz CT molecular complexity index is 449. The molecule has 0 N–H and O–H groups in total. The predicted molar refractivity (Wildman–Crippen MR) is 78.1 cm³/mol. The van der Waals surface area contributed by atoms with Crippen LogP contribution in [0.2, 0.25) is 0 Å². The number of likely N-dealkylation sites (N-methyl/N-ethyl adjacent to an activating group) is 1. The average molecular weight is 275 g/mol. The third kappa shape index (κ3) is 3.84. The maximum absolute atomic E-state index is 12.3. The lowest BCUT2D eigenvalue weighted by atomic mass is 10.1. The summed E-state index contributed by atoms with van der Waals surface area (Å²) < 4.78 is 10.9. The Balaban J connectivity index is 1.91. The van der Waals surface area contributed by atoms with Gasteiger partial charge >= 0.3 is 0 Å². The van der Waals surface area contributed by atoms with E-state index in [1.807, 2.05) is 7.05 Å². The molecule has 4 nitrogen and oxygen atoms in total. The molecule has 4 heteroatoms. The summed E-state index contributed by atoms with van der Waals surface area (Å²) >= 11 is 0. The molecule has 1 atom stereocenters. The summed E-state index contributed by atoms with van der Waals surface area (Å²) in [6.45, 7) is 5.51. The average Bonchev–Trinajstić information content (AvgIpc) is 2.97. The maximum Gasteiger partial charge on any atom is 0.253 e. The molecule has 0 unspecified atom stereocenters. The molecule has 1 aliphatic rings. The highest BCUT2D eigenvalue weighted by Gasteiger charge is 2.20. The van der Waals surface area contributed by atoms with Gasteiger partial charge in [-0.1, -0.05) is 12.7 Å². The van der Waals surface area contributed by atoms with Crippen LogP contribution in [0.15, 0.2) is 36.9 Å². The molecule has 1 amide bonds. The van der Waals surface area contributed by atoms with Crippen LogP contribution < -0.4 is 4.74 Å². The molecular weight excluding hydrogens is 254 g/mol. The van der Waals surface area contributed by atoms with E-state index < -0.39 is 0 Å². The minimum absolute atomic E-state index is 0.00997. The minimum atomic E-state index is 0.00997. The number of amides is 1. The summed E-state index contributed by atoms with van der Waals surface area (Å²) in [5.41, 5.74) is 0.663. The molecule has 1 saturated heterocycles. The fourth-order valence-corrected chi connectivity index (χ4v) is 2.25. The van der Waals surface area contributed by atoms with Gasteiger partial charge in [-0.25, -0.2) is 0 Å². The highest BCUT2D eigenvalue weighted by molar-refractivity contribution is 5.94. The molecule has 0 saturated carbocycles. The van der Waals surface area contributed by atoms with Crippen LogP contribution in [-0.2, 0) is 4.74 Å². The smallest absolute Gasteiger partial charge is 0.253 e. The molecule has 2 rings (SSSR count). The summed E-state index contributed by atoms with van der Waals surface area (Å²) in [5.74, 6) is 0.749. The van der Waals surface area contributed by atoms with Gasteiger partial charge in [0.05, 0.1) is 6.10 Å². The van der Waals surface area contributed by atoms with Crippen molar-refractivity contribution in [3.63, 3.8) is 0 Å². The first-order valence-electron chi connectivity index (χ1n) is 6.91. The number of hydrogen-bond acceptors (Lipinski definition) is 3. The second kappa shape index (κ2) is 7.10. The van der Waals surface area contributed by atoms with E-state index in [2.05, 4.69) is 6.58 Å². The zero-order valence-electron chi connectivity index (χ0n) is 11.9. The van der Waals surface area contributed by atoms with Crippen LogP contribution in [0.4, 0.5) is 0 Å². The lowest BCUT2D eigenvalue weighted by Gasteiger charge is -2.21. The highest BCUT2D eigenvalue weighted by atomic mass is 16.5. The monoisotopic (exact) mass is 275 g/mol. The molecular formula is C16H21NO3. The van der Waals surface area contributed by atoms with Gasteiger partial charge in [0.15, 0.2) is 0 Å². The number of hydrogen-bond donors (Lipinski definition) is 0. The van der Waals surface area contributed by atoms with E-state index in [4.69, 9.17) is 9.47 Å². The third-order valence-corrected chi connectivity index (χ3v) is 3.32. The molecule has 1 aliphatic heterocycles. The topological polar surface area (TPSA) is 38.8 Å². The zero-order chi connectivity index (χ0) is 14.4. The van der Waals surface area contributed by atoms with Crippen LogP contribution in [0.5, 0.6) is 5.75 Å². The SMILES string of the molecule is C=CCOc1ccc(C(=O)N(C)C[C@@H]2CCCO2)cc1. The normalized spacial score (nSPS) is 17.8. The second-order valence-electron chi connectivity index (χ2n) is 4.94. The summed E-state index contributed by atoms with van der Waals surface area (Å²) in [7, 11) is 1.81. The van der Waals surface area contributed by atoms with Crippen LogP contribution in [0.1, 0.15) is 23.2 Å². The molecule has 0 spiro atoms. The maximum atomic E-state index is 12.3. The molecule has 0 radical (unpaired) electrons. The van der Waals surface area contributed by atoms with E-state index >= 15 is 0 Å². The molecule has 1 aromatic rings. The Morgan fingerprint density at radius 2 is 2.25 bits per heavy atom. The van der Waals surface area contributed by atoms with E-state index in [-0.39, 0.29) is 12.0 Å². The minimum Gasteiger partial charge on any atom is -0.490 e. The van der Waals surface area contributed by atoms with Gasteiger partial charge < -0.3 is 14.4 Å². The van der Waals surface area contributed by atoms with Gasteiger partial charge in [-0.2, -0.15) is 0 Å². The number of rotatable bonds is 6. The first-order chi connectivity index (χ1) is 9.70. The lowest BCUT2D eigenvalue weighted by molar-refractivity contribution is 0.0587. The van der Waals surface area contributed by atoms with E-state index in [0.29, 0.717) is 18.7 Å². The van der Waals surface area contributed by atoms with Crippen molar-refractivity contribution in [2.45, 2.75) is 18.9 Å². The van der Waals surface area contributed by atoms with Crippen molar-refractivity contribution in [2.24, 2.45) is 0 Å². The quantitative estimate of drug-likeness (QED) is 0.749. The number of carbonyl (C=O) groups excluding carboxylic acids is 1. The first kappa shape index (κ1) is 14.6. The lowest BCUT2D eigenvalue weighted by Crippen LogP contribution is -2.34. The van der Waals surface area contributed by atoms with Gasteiger partial charge in [0.2, 0.25) is 0 Å². The molecule has 0 bridgehead atoms. The van der Waals surface area contributed by atoms with Crippen molar-refractivity contribution in [3.05, 3.63) is 42.5 Å². The van der Waals surface area contributed by atoms with E-state index in [1.165, 1.54) is 0 Å². The summed E-state index contributed by atoms with van der Waals surface area (Å²) in [4.78, 5) is 14.0. The van der Waals surface area contributed by atoms with Crippen molar-refractivity contribution in [1.29, 1.82) is 0 Å².